The lowest BCUT2D eigenvalue weighted by atomic mass is 10.1. The van der Waals surface area contributed by atoms with Gasteiger partial charge in [0.05, 0.1) is 16.9 Å². The molecule has 0 amide bonds. The van der Waals surface area contributed by atoms with Gasteiger partial charge in [0.2, 0.25) is 0 Å². The highest BCUT2D eigenvalue weighted by molar-refractivity contribution is 6.16. The lowest BCUT2D eigenvalue weighted by Crippen LogP contribution is -2.11. The summed E-state index contributed by atoms with van der Waals surface area (Å²) < 4.78 is 2.36. The first kappa shape index (κ1) is 14.4. The maximum absolute atomic E-state index is 6.10. The molecule has 2 rings (SSSR count). The molecule has 0 bridgehead atoms. The summed E-state index contributed by atoms with van der Waals surface area (Å²) in [5.41, 5.74) is 4.93. The van der Waals surface area contributed by atoms with Gasteiger partial charge in [-0.2, -0.15) is 0 Å². The Hall–Kier alpha value is -1.02. The number of nitrogens with zero attached hydrogens (tertiary/aromatic N) is 2. The van der Waals surface area contributed by atoms with Gasteiger partial charge in [0, 0.05) is 6.04 Å². The zero-order chi connectivity index (χ0) is 14.0. The van der Waals surface area contributed by atoms with Crippen LogP contribution in [0.25, 0.3) is 11.0 Å². The number of halogens is 1. The molecule has 0 saturated heterocycles. The van der Waals surface area contributed by atoms with E-state index in [4.69, 9.17) is 16.6 Å². The van der Waals surface area contributed by atoms with Crippen LogP contribution in [0.5, 0.6) is 0 Å². The van der Waals surface area contributed by atoms with E-state index in [2.05, 4.69) is 44.4 Å². The lowest BCUT2D eigenvalue weighted by molar-refractivity contribution is 0.448. The second-order valence-electron chi connectivity index (χ2n) is 5.31. The van der Waals surface area contributed by atoms with Gasteiger partial charge in [-0.1, -0.05) is 20.3 Å². The molecule has 0 aliphatic rings. The van der Waals surface area contributed by atoms with Crippen LogP contribution in [-0.2, 0) is 5.88 Å². The number of imidazole rings is 1. The Labute approximate surface area is 120 Å². The first-order chi connectivity index (χ1) is 9.12. The van der Waals surface area contributed by atoms with E-state index in [9.17, 15) is 0 Å². The summed E-state index contributed by atoms with van der Waals surface area (Å²) in [6.45, 7) is 8.77. The van der Waals surface area contributed by atoms with Crippen LogP contribution in [0.1, 0.15) is 56.1 Å². The normalized spacial score (nSPS) is 13.1. The third kappa shape index (κ3) is 2.64. The van der Waals surface area contributed by atoms with Crippen molar-refractivity contribution in [3.63, 3.8) is 0 Å². The van der Waals surface area contributed by atoms with Gasteiger partial charge in [0.1, 0.15) is 5.82 Å². The number of alkyl halides is 1. The van der Waals surface area contributed by atoms with Crippen LogP contribution in [0.4, 0.5) is 0 Å². The predicted octanol–water partition coefficient (Wildman–Crippen LogP) is 5.14. The number of rotatable bonds is 5. The molecule has 0 aliphatic carbocycles. The molecule has 3 heteroatoms. The molecule has 1 atom stereocenters. The summed E-state index contributed by atoms with van der Waals surface area (Å²) >= 11 is 6.10. The smallest absolute Gasteiger partial charge is 0.125 e. The van der Waals surface area contributed by atoms with Gasteiger partial charge in [-0.05, 0) is 49.9 Å². The Bertz CT molecular complexity index is 572. The zero-order valence-corrected chi connectivity index (χ0v) is 13.1. The summed E-state index contributed by atoms with van der Waals surface area (Å²) in [7, 11) is 0. The highest BCUT2D eigenvalue weighted by atomic mass is 35.5. The van der Waals surface area contributed by atoms with Gasteiger partial charge in [0.25, 0.3) is 0 Å². The number of aryl methyl sites for hydroxylation is 2. The van der Waals surface area contributed by atoms with E-state index in [0.717, 1.165) is 17.8 Å². The van der Waals surface area contributed by atoms with Crippen LogP contribution in [0.3, 0.4) is 0 Å². The van der Waals surface area contributed by atoms with Crippen molar-refractivity contribution in [3.05, 3.63) is 29.1 Å². The number of fused-ring (bicyclic) bond motifs is 1. The second-order valence-corrected chi connectivity index (χ2v) is 5.57. The largest absolute Gasteiger partial charge is 0.324 e. The molecule has 0 radical (unpaired) electrons. The first-order valence-electron chi connectivity index (χ1n) is 7.16. The molecule has 1 aromatic heterocycles. The number of hydrogen-bond donors (Lipinski definition) is 0. The van der Waals surface area contributed by atoms with E-state index in [0.29, 0.717) is 11.9 Å². The van der Waals surface area contributed by atoms with Crippen LogP contribution < -0.4 is 0 Å². The maximum Gasteiger partial charge on any atom is 0.125 e. The zero-order valence-electron chi connectivity index (χ0n) is 12.3. The minimum Gasteiger partial charge on any atom is -0.324 e. The van der Waals surface area contributed by atoms with Crippen molar-refractivity contribution in [2.45, 2.75) is 58.9 Å². The molecule has 1 aromatic carbocycles. The number of hydrogen-bond acceptors (Lipinski definition) is 1. The van der Waals surface area contributed by atoms with Crippen LogP contribution in [0, 0.1) is 13.8 Å². The molecule has 0 N–H and O–H groups in total. The molecule has 2 nitrogen and oxygen atoms in total. The van der Waals surface area contributed by atoms with Crippen LogP contribution in [0.2, 0.25) is 0 Å². The topological polar surface area (TPSA) is 17.8 Å². The molecule has 0 aliphatic heterocycles. The monoisotopic (exact) mass is 278 g/mol. The van der Waals surface area contributed by atoms with Crippen LogP contribution in [0.15, 0.2) is 12.1 Å². The van der Waals surface area contributed by atoms with Crippen molar-refractivity contribution in [1.82, 2.24) is 9.55 Å². The van der Waals surface area contributed by atoms with E-state index < -0.39 is 0 Å². The Morgan fingerprint density at radius 1 is 1.21 bits per heavy atom. The summed E-state index contributed by atoms with van der Waals surface area (Å²) in [5, 5.41) is 0. The fourth-order valence-electron chi connectivity index (χ4n) is 2.75. The summed E-state index contributed by atoms with van der Waals surface area (Å²) in [6.07, 6.45) is 3.49. The Balaban J connectivity index is 2.65. The third-order valence-electron chi connectivity index (χ3n) is 3.96. The summed E-state index contributed by atoms with van der Waals surface area (Å²) in [4.78, 5) is 4.72. The van der Waals surface area contributed by atoms with E-state index in [-0.39, 0.29) is 0 Å². The Morgan fingerprint density at radius 3 is 2.47 bits per heavy atom. The predicted molar refractivity (Wildman–Crippen MR) is 83.0 cm³/mol. The third-order valence-corrected chi connectivity index (χ3v) is 4.19. The van der Waals surface area contributed by atoms with Crippen LogP contribution >= 0.6 is 11.6 Å². The molecule has 0 fully saturated rings. The maximum atomic E-state index is 6.10. The van der Waals surface area contributed by atoms with Gasteiger partial charge in [-0.25, -0.2) is 4.98 Å². The fraction of sp³-hybridized carbons (Fsp3) is 0.562. The molecule has 104 valence electrons. The summed E-state index contributed by atoms with van der Waals surface area (Å²) in [6, 6.07) is 4.94. The molecule has 0 saturated carbocycles. The molecule has 0 spiro atoms. The highest BCUT2D eigenvalue weighted by Gasteiger charge is 2.17. The first-order valence-corrected chi connectivity index (χ1v) is 7.69. The molecule has 1 heterocycles. The lowest BCUT2D eigenvalue weighted by Gasteiger charge is -2.19. The van der Waals surface area contributed by atoms with Crippen molar-refractivity contribution in [3.8, 4) is 0 Å². The molecular weight excluding hydrogens is 256 g/mol. The second kappa shape index (κ2) is 5.96. The molecule has 1 unspecified atom stereocenters. The SMILES string of the molecule is CCCC(CC)n1c(CCl)nc2cc(C)c(C)cc21. The van der Waals surface area contributed by atoms with Gasteiger partial charge < -0.3 is 4.57 Å². The van der Waals surface area contributed by atoms with Crippen molar-refractivity contribution < 1.29 is 0 Å². The number of benzene rings is 1. The van der Waals surface area contributed by atoms with Gasteiger partial charge in [-0.15, -0.1) is 11.6 Å². The van der Waals surface area contributed by atoms with E-state index in [1.165, 1.54) is 29.5 Å². The van der Waals surface area contributed by atoms with E-state index in [1.807, 2.05) is 0 Å². The Morgan fingerprint density at radius 2 is 1.89 bits per heavy atom. The standard InChI is InChI=1S/C16H23ClN2/c1-5-7-13(6-2)19-15-9-12(4)11(3)8-14(15)18-16(19)10-17/h8-9,13H,5-7,10H2,1-4H3. The quantitative estimate of drug-likeness (QED) is 0.692. The minimum absolute atomic E-state index is 0.479. The van der Waals surface area contributed by atoms with Crippen LogP contribution in [-0.4, -0.2) is 9.55 Å². The van der Waals surface area contributed by atoms with Crippen molar-refractivity contribution in [1.29, 1.82) is 0 Å². The minimum atomic E-state index is 0.479. The molecule has 2 aromatic rings. The molecule has 19 heavy (non-hydrogen) atoms. The average Bonchev–Trinajstić information content (AvgIpc) is 2.74. The van der Waals surface area contributed by atoms with E-state index in [1.54, 1.807) is 0 Å². The van der Waals surface area contributed by atoms with Crippen molar-refractivity contribution in [2.24, 2.45) is 0 Å². The molecular formula is C16H23ClN2. The van der Waals surface area contributed by atoms with Crippen molar-refractivity contribution >= 4 is 22.6 Å². The highest BCUT2D eigenvalue weighted by Crippen LogP contribution is 2.29. The van der Waals surface area contributed by atoms with Gasteiger partial charge in [-0.3, -0.25) is 0 Å². The Kier molecular flexibility index (Phi) is 4.51. The summed E-state index contributed by atoms with van der Waals surface area (Å²) in [5.74, 6) is 1.48. The average molecular weight is 279 g/mol. The van der Waals surface area contributed by atoms with Gasteiger partial charge >= 0.3 is 0 Å². The fourth-order valence-corrected chi connectivity index (χ4v) is 2.94. The van der Waals surface area contributed by atoms with Gasteiger partial charge in [0.15, 0.2) is 0 Å². The van der Waals surface area contributed by atoms with Crippen molar-refractivity contribution in [2.75, 3.05) is 0 Å². The number of aromatic nitrogens is 2. The van der Waals surface area contributed by atoms with E-state index >= 15 is 0 Å².